The lowest BCUT2D eigenvalue weighted by Gasteiger charge is -2.37. The molecule has 0 spiro atoms. The molecule has 0 unspecified atom stereocenters. The number of sulfonamides is 1. The molecule has 22 heavy (non-hydrogen) atoms. The van der Waals surface area contributed by atoms with E-state index in [-0.39, 0.29) is 11.0 Å². The molecule has 0 bridgehead atoms. The zero-order valence-corrected chi connectivity index (χ0v) is 13.4. The third-order valence-corrected chi connectivity index (χ3v) is 6.34. The maximum Gasteiger partial charge on any atom is 0.243 e. The van der Waals surface area contributed by atoms with E-state index in [0.717, 1.165) is 19.5 Å². The van der Waals surface area contributed by atoms with Crippen molar-refractivity contribution in [1.82, 2.24) is 9.21 Å². The number of piperidine rings is 1. The van der Waals surface area contributed by atoms with Gasteiger partial charge in [0.05, 0.1) is 17.6 Å². The first kappa shape index (κ1) is 15.9. The Bertz CT molecular complexity index is 620. The quantitative estimate of drug-likeness (QED) is 0.818. The molecule has 0 N–H and O–H groups in total. The molecule has 0 radical (unpaired) electrons. The summed E-state index contributed by atoms with van der Waals surface area (Å²) in [4.78, 5) is 2.37. The van der Waals surface area contributed by atoms with Crippen LogP contribution in [0.3, 0.4) is 0 Å². The molecule has 5 nitrogen and oxygen atoms in total. The van der Waals surface area contributed by atoms with Crippen molar-refractivity contribution >= 4 is 10.0 Å². The molecular weight excluding hydrogens is 307 g/mol. The van der Waals surface area contributed by atoms with Crippen molar-refractivity contribution in [3.63, 3.8) is 0 Å². The van der Waals surface area contributed by atoms with Crippen molar-refractivity contribution in [2.75, 3.05) is 39.8 Å². The Hall–Kier alpha value is -1.02. The number of nitrogens with zero attached hydrogens (tertiary/aromatic N) is 2. The van der Waals surface area contributed by atoms with Gasteiger partial charge in [-0.05, 0) is 37.7 Å². The summed E-state index contributed by atoms with van der Waals surface area (Å²) in [7, 11) is -1.52. The monoisotopic (exact) mass is 328 g/mol. The van der Waals surface area contributed by atoms with Crippen LogP contribution < -0.4 is 0 Å². The molecule has 1 aromatic carbocycles. The van der Waals surface area contributed by atoms with Crippen LogP contribution in [0.1, 0.15) is 6.42 Å². The average molecular weight is 328 g/mol. The smallest absolute Gasteiger partial charge is 0.243 e. The van der Waals surface area contributed by atoms with E-state index in [1.807, 2.05) is 0 Å². The van der Waals surface area contributed by atoms with Gasteiger partial charge in [-0.25, -0.2) is 12.8 Å². The molecule has 0 aromatic heterocycles. The normalized spacial score (nSPS) is 28.1. The molecule has 2 aliphatic heterocycles. The number of ether oxygens (including phenoxy) is 1. The van der Waals surface area contributed by atoms with E-state index in [2.05, 4.69) is 11.9 Å². The molecule has 2 atom stereocenters. The molecule has 3 rings (SSSR count). The average Bonchev–Trinajstić information content (AvgIpc) is 2.67. The number of rotatable bonds is 2. The summed E-state index contributed by atoms with van der Waals surface area (Å²) < 4.78 is 45.6. The highest BCUT2D eigenvalue weighted by atomic mass is 32.2. The van der Waals surface area contributed by atoms with Crippen molar-refractivity contribution in [3.8, 4) is 0 Å². The van der Waals surface area contributed by atoms with Gasteiger partial charge in [-0.2, -0.15) is 4.31 Å². The number of halogens is 1. The van der Waals surface area contributed by atoms with Crippen molar-refractivity contribution in [2.45, 2.75) is 17.4 Å². The van der Waals surface area contributed by atoms with Gasteiger partial charge < -0.3 is 9.64 Å². The Morgan fingerprint density at radius 1 is 1.18 bits per heavy atom. The third kappa shape index (κ3) is 3.17. The van der Waals surface area contributed by atoms with Gasteiger partial charge in [0.2, 0.25) is 10.0 Å². The summed E-state index contributed by atoms with van der Waals surface area (Å²) in [5.74, 6) is -0.0695. The lowest BCUT2D eigenvalue weighted by atomic mass is 9.95. The zero-order valence-electron chi connectivity index (χ0n) is 12.6. The minimum atomic E-state index is -3.58. The fraction of sp³-hybridized carbons (Fsp3) is 0.600. The summed E-state index contributed by atoms with van der Waals surface area (Å²) in [5.41, 5.74) is 0. The lowest BCUT2D eigenvalue weighted by Crippen LogP contribution is -2.48. The molecule has 122 valence electrons. The number of hydrogen-bond donors (Lipinski definition) is 0. The Kier molecular flexibility index (Phi) is 4.49. The fourth-order valence-corrected chi connectivity index (χ4v) is 4.63. The summed E-state index contributed by atoms with van der Waals surface area (Å²) in [5, 5.41) is 0. The highest BCUT2D eigenvalue weighted by molar-refractivity contribution is 7.89. The molecule has 0 aliphatic carbocycles. The summed E-state index contributed by atoms with van der Waals surface area (Å²) in [6.07, 6.45) is 0.726. The molecule has 1 aromatic rings. The first-order valence-electron chi connectivity index (χ1n) is 7.52. The molecule has 2 fully saturated rings. The highest BCUT2D eigenvalue weighted by Gasteiger charge is 2.37. The van der Waals surface area contributed by atoms with Gasteiger partial charge in [0.25, 0.3) is 0 Å². The minimum Gasteiger partial charge on any atom is -0.375 e. The predicted molar refractivity (Wildman–Crippen MR) is 80.5 cm³/mol. The van der Waals surface area contributed by atoms with Crippen molar-refractivity contribution in [2.24, 2.45) is 5.92 Å². The first-order valence-corrected chi connectivity index (χ1v) is 8.97. The van der Waals surface area contributed by atoms with Gasteiger partial charge in [0.15, 0.2) is 0 Å². The van der Waals surface area contributed by atoms with Crippen LogP contribution in [0.5, 0.6) is 0 Å². The van der Waals surface area contributed by atoms with E-state index in [4.69, 9.17) is 4.74 Å². The van der Waals surface area contributed by atoms with Crippen LogP contribution in [-0.4, -0.2) is 63.6 Å². The van der Waals surface area contributed by atoms with Crippen molar-refractivity contribution in [1.29, 1.82) is 0 Å². The van der Waals surface area contributed by atoms with E-state index in [9.17, 15) is 12.8 Å². The Morgan fingerprint density at radius 3 is 2.64 bits per heavy atom. The van der Waals surface area contributed by atoms with Crippen LogP contribution in [0.25, 0.3) is 0 Å². The summed E-state index contributed by atoms with van der Waals surface area (Å²) in [6, 6.07) is 4.99. The van der Waals surface area contributed by atoms with Crippen molar-refractivity contribution in [3.05, 3.63) is 30.1 Å². The number of hydrogen-bond acceptors (Lipinski definition) is 4. The number of likely N-dealkylation sites (N-methyl/N-ethyl adjacent to an activating group) is 1. The Balaban J connectivity index is 1.77. The van der Waals surface area contributed by atoms with Crippen LogP contribution in [0, 0.1) is 11.7 Å². The molecule has 2 aliphatic rings. The van der Waals surface area contributed by atoms with Crippen LogP contribution in [0.2, 0.25) is 0 Å². The van der Waals surface area contributed by atoms with Crippen LogP contribution in [-0.2, 0) is 14.8 Å². The second-order valence-corrected chi connectivity index (χ2v) is 7.98. The Labute approximate surface area is 130 Å². The van der Waals surface area contributed by atoms with Gasteiger partial charge in [0.1, 0.15) is 5.82 Å². The van der Waals surface area contributed by atoms with E-state index in [1.54, 1.807) is 0 Å². The molecule has 2 saturated heterocycles. The zero-order chi connectivity index (χ0) is 15.7. The standard InChI is InChI=1S/C15H21FN2O3S/c1-17-8-9-21-15-11-18(7-6-12(15)10-17)22(19,20)14-4-2-13(16)3-5-14/h2-5,12,15H,6-11H2,1H3/t12-,15-/m1/s1. The van der Waals surface area contributed by atoms with Gasteiger partial charge in [-0.15, -0.1) is 0 Å². The van der Waals surface area contributed by atoms with E-state index in [1.165, 1.54) is 28.6 Å². The minimum absolute atomic E-state index is 0.0612. The molecule has 0 amide bonds. The SMILES string of the molecule is CN1CCO[C@@H]2CN(S(=O)(=O)c3ccc(F)cc3)CC[C@@H]2C1. The topological polar surface area (TPSA) is 49.9 Å². The van der Waals surface area contributed by atoms with Crippen LogP contribution in [0.15, 0.2) is 29.2 Å². The van der Waals surface area contributed by atoms with E-state index < -0.39 is 15.8 Å². The molecular formula is C15H21FN2O3S. The third-order valence-electron chi connectivity index (χ3n) is 4.46. The highest BCUT2D eigenvalue weighted by Crippen LogP contribution is 2.27. The second kappa shape index (κ2) is 6.23. The maximum atomic E-state index is 13.0. The summed E-state index contributed by atoms with van der Waals surface area (Å²) in [6.45, 7) is 3.30. The van der Waals surface area contributed by atoms with Gasteiger partial charge in [-0.1, -0.05) is 0 Å². The van der Waals surface area contributed by atoms with Crippen LogP contribution in [0.4, 0.5) is 4.39 Å². The van der Waals surface area contributed by atoms with Gasteiger partial charge in [-0.3, -0.25) is 0 Å². The lowest BCUT2D eigenvalue weighted by molar-refractivity contribution is -0.00188. The van der Waals surface area contributed by atoms with Gasteiger partial charge >= 0.3 is 0 Å². The van der Waals surface area contributed by atoms with Crippen molar-refractivity contribution < 1.29 is 17.5 Å². The summed E-state index contributed by atoms with van der Waals surface area (Å²) >= 11 is 0. The Morgan fingerprint density at radius 2 is 1.91 bits per heavy atom. The van der Waals surface area contributed by atoms with E-state index in [0.29, 0.717) is 25.6 Å². The molecule has 7 heteroatoms. The van der Waals surface area contributed by atoms with Crippen LogP contribution >= 0.6 is 0 Å². The predicted octanol–water partition coefficient (Wildman–Crippen LogP) is 1.17. The van der Waals surface area contributed by atoms with Gasteiger partial charge in [0, 0.05) is 32.1 Å². The van der Waals surface area contributed by atoms with E-state index >= 15 is 0 Å². The first-order chi connectivity index (χ1) is 10.5. The maximum absolute atomic E-state index is 13.0. The number of benzene rings is 1. The number of fused-ring (bicyclic) bond motifs is 1. The molecule has 0 saturated carbocycles. The second-order valence-electron chi connectivity index (χ2n) is 6.04. The molecule has 2 heterocycles. The fourth-order valence-electron chi connectivity index (χ4n) is 3.16. The largest absolute Gasteiger partial charge is 0.375 e.